The van der Waals surface area contributed by atoms with Gasteiger partial charge in [-0.2, -0.15) is 0 Å². The van der Waals surface area contributed by atoms with Gasteiger partial charge in [0, 0.05) is 15.6 Å². The number of hydrogen-bond donors (Lipinski definition) is 1. The van der Waals surface area contributed by atoms with Gasteiger partial charge in [-0.25, -0.2) is 9.36 Å². The smallest absolute Gasteiger partial charge is 0.325 e. The molecule has 0 fully saturated rings. The van der Waals surface area contributed by atoms with Gasteiger partial charge in [0.15, 0.2) is 0 Å². The molecule has 1 amide bonds. The molecule has 4 aromatic rings. The first-order chi connectivity index (χ1) is 15.9. The van der Waals surface area contributed by atoms with Crippen molar-refractivity contribution in [3.8, 4) is 5.69 Å². The lowest BCUT2D eigenvalue weighted by molar-refractivity contribution is -0.116. The molecule has 2 heterocycles. The maximum Gasteiger partial charge on any atom is 0.337 e. The van der Waals surface area contributed by atoms with Crippen LogP contribution in [0.2, 0.25) is 5.02 Å². The topological polar surface area (TPSA) is 73.1 Å². The molecule has 0 atom stereocenters. The van der Waals surface area contributed by atoms with E-state index in [1.165, 1.54) is 15.9 Å². The van der Waals surface area contributed by atoms with E-state index in [1.807, 2.05) is 31.2 Å². The number of aryl methyl sites for hydroxylation is 3. The molecule has 1 aliphatic carbocycles. The molecule has 0 saturated carbocycles. The van der Waals surface area contributed by atoms with Crippen LogP contribution in [0.15, 0.2) is 58.1 Å². The van der Waals surface area contributed by atoms with Crippen LogP contribution in [0.25, 0.3) is 15.9 Å². The highest BCUT2D eigenvalue weighted by molar-refractivity contribution is 7.18. The normalized spacial score (nSPS) is 13.2. The van der Waals surface area contributed by atoms with Crippen molar-refractivity contribution in [1.29, 1.82) is 0 Å². The number of hydrogen-bond acceptors (Lipinski definition) is 4. The molecule has 1 aliphatic rings. The standard InChI is InChI=1S/C25H22ClN3O3S/c1-15-5-4-6-17(13-15)27-21(30)14-28-24-22(19-7-2-3-8-20(19)33-24)23(31)29(25(28)32)18-11-9-16(26)10-12-18/h4-6,9-13H,2-3,7-8,14H2,1H3,(H,27,30). The van der Waals surface area contributed by atoms with Gasteiger partial charge in [-0.05, 0) is 80.1 Å². The van der Waals surface area contributed by atoms with Gasteiger partial charge in [0.25, 0.3) is 5.56 Å². The molecule has 1 N–H and O–H groups in total. The van der Waals surface area contributed by atoms with Crippen LogP contribution in [0, 0.1) is 6.92 Å². The second-order valence-corrected chi connectivity index (χ2v) is 9.81. The summed E-state index contributed by atoms with van der Waals surface area (Å²) in [6, 6.07) is 14.1. The highest BCUT2D eigenvalue weighted by Gasteiger charge is 2.25. The fourth-order valence-corrected chi connectivity index (χ4v) is 5.89. The Hall–Kier alpha value is -3.16. The van der Waals surface area contributed by atoms with Crippen LogP contribution >= 0.6 is 22.9 Å². The van der Waals surface area contributed by atoms with Crippen molar-refractivity contribution in [1.82, 2.24) is 9.13 Å². The van der Waals surface area contributed by atoms with Crippen molar-refractivity contribution < 1.29 is 4.79 Å². The average Bonchev–Trinajstić information content (AvgIpc) is 3.18. The maximum absolute atomic E-state index is 13.6. The Morgan fingerprint density at radius 1 is 1.09 bits per heavy atom. The molecule has 0 bridgehead atoms. The van der Waals surface area contributed by atoms with Gasteiger partial charge in [0.05, 0.1) is 11.1 Å². The predicted octanol–water partition coefficient (Wildman–Crippen LogP) is 4.69. The number of carbonyl (C=O) groups is 1. The molecule has 0 radical (unpaired) electrons. The lowest BCUT2D eigenvalue weighted by Gasteiger charge is -2.14. The lowest BCUT2D eigenvalue weighted by Crippen LogP contribution is -2.40. The Kier molecular flexibility index (Phi) is 5.68. The number of amides is 1. The zero-order valence-electron chi connectivity index (χ0n) is 18.1. The highest BCUT2D eigenvalue weighted by Crippen LogP contribution is 2.34. The number of anilines is 1. The van der Waals surface area contributed by atoms with Crippen LogP contribution in [-0.2, 0) is 24.2 Å². The van der Waals surface area contributed by atoms with Crippen LogP contribution in [0.1, 0.15) is 28.8 Å². The zero-order chi connectivity index (χ0) is 23.1. The summed E-state index contributed by atoms with van der Waals surface area (Å²) in [6.45, 7) is 1.76. The molecule has 8 heteroatoms. The first-order valence-electron chi connectivity index (χ1n) is 10.8. The SMILES string of the molecule is Cc1cccc(NC(=O)Cn2c(=O)n(-c3ccc(Cl)cc3)c(=O)c3c4c(sc32)CCCC4)c1. The van der Waals surface area contributed by atoms with E-state index in [0.29, 0.717) is 26.6 Å². The Morgan fingerprint density at radius 3 is 2.61 bits per heavy atom. The molecule has 6 nitrogen and oxygen atoms in total. The summed E-state index contributed by atoms with van der Waals surface area (Å²) in [5.74, 6) is -0.323. The van der Waals surface area contributed by atoms with Crippen molar-refractivity contribution in [3.63, 3.8) is 0 Å². The molecule has 0 aliphatic heterocycles. The largest absolute Gasteiger partial charge is 0.337 e. The number of nitrogens with zero attached hydrogens (tertiary/aromatic N) is 2. The monoisotopic (exact) mass is 479 g/mol. The minimum Gasteiger partial charge on any atom is -0.325 e. The van der Waals surface area contributed by atoms with E-state index in [9.17, 15) is 14.4 Å². The highest BCUT2D eigenvalue weighted by atomic mass is 35.5. The third kappa shape index (κ3) is 4.03. The van der Waals surface area contributed by atoms with E-state index in [0.717, 1.165) is 46.3 Å². The molecule has 33 heavy (non-hydrogen) atoms. The van der Waals surface area contributed by atoms with Gasteiger partial charge >= 0.3 is 5.69 Å². The zero-order valence-corrected chi connectivity index (χ0v) is 19.6. The quantitative estimate of drug-likeness (QED) is 0.461. The molecule has 2 aromatic heterocycles. The molecule has 0 saturated heterocycles. The second-order valence-electron chi connectivity index (χ2n) is 8.29. The van der Waals surface area contributed by atoms with Crippen LogP contribution in [0.5, 0.6) is 0 Å². The summed E-state index contributed by atoms with van der Waals surface area (Å²) < 4.78 is 2.58. The summed E-state index contributed by atoms with van der Waals surface area (Å²) in [6.07, 6.45) is 3.76. The fourth-order valence-electron chi connectivity index (χ4n) is 4.39. The Morgan fingerprint density at radius 2 is 1.85 bits per heavy atom. The Bertz CT molecular complexity index is 1500. The van der Waals surface area contributed by atoms with E-state index in [1.54, 1.807) is 24.3 Å². The average molecular weight is 480 g/mol. The first-order valence-corrected chi connectivity index (χ1v) is 12.0. The summed E-state index contributed by atoms with van der Waals surface area (Å²) in [7, 11) is 0. The van der Waals surface area contributed by atoms with Crippen LogP contribution in [0.3, 0.4) is 0 Å². The van der Waals surface area contributed by atoms with Gasteiger partial charge in [-0.1, -0.05) is 23.7 Å². The van der Waals surface area contributed by atoms with Gasteiger partial charge in [0.1, 0.15) is 11.4 Å². The third-order valence-corrected chi connectivity index (χ3v) is 7.49. The molecule has 168 valence electrons. The van der Waals surface area contributed by atoms with Crippen LogP contribution < -0.4 is 16.6 Å². The molecule has 2 aromatic carbocycles. The minimum absolute atomic E-state index is 0.184. The number of thiophene rings is 1. The lowest BCUT2D eigenvalue weighted by atomic mass is 9.97. The van der Waals surface area contributed by atoms with E-state index >= 15 is 0 Å². The Labute approximate surface area is 199 Å². The summed E-state index contributed by atoms with van der Waals surface area (Å²) in [5, 5.41) is 3.93. The molecule has 5 rings (SSSR count). The number of halogens is 1. The third-order valence-electron chi connectivity index (χ3n) is 5.93. The van der Waals surface area contributed by atoms with E-state index in [-0.39, 0.29) is 18.0 Å². The summed E-state index contributed by atoms with van der Waals surface area (Å²) >= 11 is 7.48. The molecule has 0 spiro atoms. The van der Waals surface area contributed by atoms with Gasteiger partial charge in [-0.15, -0.1) is 11.3 Å². The van der Waals surface area contributed by atoms with Crippen molar-refractivity contribution in [2.75, 3.05) is 5.32 Å². The number of rotatable bonds is 4. The number of nitrogens with one attached hydrogen (secondary N) is 1. The van der Waals surface area contributed by atoms with Crippen LogP contribution in [0.4, 0.5) is 5.69 Å². The van der Waals surface area contributed by atoms with Gasteiger partial charge in [-0.3, -0.25) is 14.2 Å². The predicted molar refractivity (Wildman–Crippen MR) is 133 cm³/mol. The maximum atomic E-state index is 13.6. The van der Waals surface area contributed by atoms with E-state index in [4.69, 9.17) is 11.6 Å². The molecule has 0 unspecified atom stereocenters. The van der Waals surface area contributed by atoms with Gasteiger partial charge in [0.2, 0.25) is 5.91 Å². The number of fused-ring (bicyclic) bond motifs is 3. The fraction of sp³-hybridized carbons (Fsp3) is 0.240. The Balaban J connectivity index is 1.67. The molecular formula is C25H22ClN3O3S. The van der Waals surface area contributed by atoms with Crippen molar-refractivity contribution in [2.45, 2.75) is 39.2 Å². The molecular weight excluding hydrogens is 458 g/mol. The summed E-state index contributed by atoms with van der Waals surface area (Å²) in [4.78, 5) is 41.8. The first kappa shape index (κ1) is 21.7. The van der Waals surface area contributed by atoms with Crippen LogP contribution in [-0.4, -0.2) is 15.0 Å². The van der Waals surface area contributed by atoms with Gasteiger partial charge < -0.3 is 5.32 Å². The number of aromatic nitrogens is 2. The van der Waals surface area contributed by atoms with E-state index in [2.05, 4.69) is 5.32 Å². The number of carbonyl (C=O) groups excluding carboxylic acids is 1. The van der Waals surface area contributed by atoms with Crippen molar-refractivity contribution in [3.05, 3.63) is 90.4 Å². The number of benzene rings is 2. The minimum atomic E-state index is -0.534. The van der Waals surface area contributed by atoms with Crippen molar-refractivity contribution in [2.24, 2.45) is 0 Å². The summed E-state index contributed by atoms with van der Waals surface area (Å²) in [5.41, 5.74) is 2.26. The second kappa shape index (κ2) is 8.65. The van der Waals surface area contributed by atoms with Crippen molar-refractivity contribution >= 4 is 44.7 Å². The van der Waals surface area contributed by atoms with E-state index < -0.39 is 5.69 Å².